The number of aromatic nitrogens is 1. The van der Waals surface area contributed by atoms with E-state index in [1.165, 1.54) is 28.6 Å². The third kappa shape index (κ3) is 3.55. The molecule has 0 saturated carbocycles. The lowest BCUT2D eigenvalue weighted by Gasteiger charge is -2.31. The summed E-state index contributed by atoms with van der Waals surface area (Å²) < 4.78 is 32.6. The molecular weight excluding hydrogens is 326 g/mol. The van der Waals surface area contributed by atoms with Gasteiger partial charge in [-0.25, -0.2) is 8.42 Å². The molecule has 24 heavy (non-hydrogen) atoms. The Morgan fingerprint density at radius 3 is 2.29 bits per heavy atom. The first-order chi connectivity index (χ1) is 11.6. The average molecular weight is 343 g/mol. The Morgan fingerprint density at radius 2 is 1.71 bits per heavy atom. The average Bonchev–Trinajstić information content (AvgIpc) is 2.63. The van der Waals surface area contributed by atoms with E-state index in [-0.39, 0.29) is 11.0 Å². The number of benzene rings is 1. The Kier molecular flexibility index (Phi) is 4.79. The molecular formula is C17H17N3O3S. The number of ether oxygens (including phenoxy) is 1. The number of nitriles is 1. The number of pyridine rings is 1. The fourth-order valence-corrected chi connectivity index (χ4v) is 4.12. The topological polar surface area (TPSA) is 83.3 Å². The molecule has 0 aliphatic carbocycles. The lowest BCUT2D eigenvalue weighted by atomic mass is 10.1. The minimum atomic E-state index is -3.52. The van der Waals surface area contributed by atoms with Gasteiger partial charge in [0.15, 0.2) is 0 Å². The molecule has 1 fully saturated rings. The monoisotopic (exact) mass is 343 g/mol. The third-order valence-electron chi connectivity index (χ3n) is 3.97. The van der Waals surface area contributed by atoms with Gasteiger partial charge in [-0.3, -0.25) is 4.98 Å². The zero-order chi connectivity index (χ0) is 17.0. The molecule has 0 atom stereocenters. The van der Waals surface area contributed by atoms with Gasteiger partial charge in [0.1, 0.15) is 11.9 Å². The molecule has 2 aromatic rings. The zero-order valence-electron chi connectivity index (χ0n) is 13.0. The van der Waals surface area contributed by atoms with Crippen LogP contribution in [0.5, 0.6) is 5.75 Å². The molecule has 0 bridgehead atoms. The summed E-state index contributed by atoms with van der Waals surface area (Å²) >= 11 is 0. The summed E-state index contributed by atoms with van der Waals surface area (Å²) in [6, 6.07) is 11.6. The van der Waals surface area contributed by atoms with Crippen molar-refractivity contribution in [1.82, 2.24) is 9.29 Å². The number of hydrogen-bond donors (Lipinski definition) is 0. The molecule has 1 aromatic carbocycles. The fraction of sp³-hybridized carbons (Fsp3) is 0.294. The first kappa shape index (κ1) is 16.4. The number of hydrogen-bond acceptors (Lipinski definition) is 5. The summed E-state index contributed by atoms with van der Waals surface area (Å²) in [5.74, 6) is 0.749. The Morgan fingerprint density at radius 1 is 1.08 bits per heavy atom. The summed E-state index contributed by atoms with van der Waals surface area (Å²) in [6.07, 6.45) is 4.61. The molecule has 1 aromatic heterocycles. The standard InChI is InChI=1S/C17H17N3O3S/c18-13-14-1-3-17(4-2-14)24(21,22)20-11-7-16(8-12-20)23-15-5-9-19-10-6-15/h1-6,9-10,16H,7-8,11-12H2. The van der Waals surface area contributed by atoms with Gasteiger partial charge in [-0.2, -0.15) is 9.57 Å². The summed E-state index contributed by atoms with van der Waals surface area (Å²) in [7, 11) is -3.52. The van der Waals surface area contributed by atoms with Crippen LogP contribution in [0.1, 0.15) is 18.4 Å². The normalized spacial score (nSPS) is 16.5. The lowest BCUT2D eigenvalue weighted by molar-refractivity contribution is 0.135. The van der Waals surface area contributed by atoms with Gasteiger partial charge in [-0.05, 0) is 49.2 Å². The minimum Gasteiger partial charge on any atom is -0.490 e. The second-order valence-corrected chi connectivity index (χ2v) is 7.48. The maximum Gasteiger partial charge on any atom is 0.243 e. The van der Waals surface area contributed by atoms with E-state index in [2.05, 4.69) is 4.98 Å². The molecule has 124 valence electrons. The summed E-state index contributed by atoms with van der Waals surface area (Å²) in [4.78, 5) is 4.16. The van der Waals surface area contributed by atoms with E-state index in [4.69, 9.17) is 10.00 Å². The van der Waals surface area contributed by atoms with Crippen molar-refractivity contribution < 1.29 is 13.2 Å². The Balaban J connectivity index is 1.64. The molecule has 0 radical (unpaired) electrons. The largest absolute Gasteiger partial charge is 0.490 e. The summed E-state index contributed by atoms with van der Waals surface area (Å²) in [6.45, 7) is 0.830. The SMILES string of the molecule is N#Cc1ccc(S(=O)(=O)N2CCC(Oc3ccncc3)CC2)cc1. The Labute approximate surface area is 141 Å². The lowest BCUT2D eigenvalue weighted by Crippen LogP contribution is -2.41. The van der Waals surface area contributed by atoms with Crippen molar-refractivity contribution in [3.05, 3.63) is 54.4 Å². The van der Waals surface area contributed by atoms with Crippen molar-refractivity contribution in [3.63, 3.8) is 0 Å². The van der Waals surface area contributed by atoms with Gasteiger partial charge in [0.2, 0.25) is 10.0 Å². The van der Waals surface area contributed by atoms with Crippen LogP contribution in [0.15, 0.2) is 53.7 Å². The van der Waals surface area contributed by atoms with Crippen LogP contribution < -0.4 is 4.74 Å². The van der Waals surface area contributed by atoms with Crippen molar-refractivity contribution >= 4 is 10.0 Å². The van der Waals surface area contributed by atoms with Crippen molar-refractivity contribution in [2.75, 3.05) is 13.1 Å². The van der Waals surface area contributed by atoms with Crippen LogP contribution in [-0.2, 0) is 10.0 Å². The van der Waals surface area contributed by atoms with Gasteiger partial charge < -0.3 is 4.74 Å². The molecule has 0 unspecified atom stereocenters. The van der Waals surface area contributed by atoms with E-state index in [9.17, 15) is 8.42 Å². The number of rotatable bonds is 4. The summed E-state index contributed by atoms with van der Waals surface area (Å²) in [5, 5.41) is 8.80. The van der Waals surface area contributed by atoms with Crippen LogP contribution in [0.25, 0.3) is 0 Å². The number of sulfonamides is 1. The minimum absolute atomic E-state index is 0.000171. The van der Waals surface area contributed by atoms with E-state index < -0.39 is 10.0 Å². The van der Waals surface area contributed by atoms with Crippen LogP contribution in [0.4, 0.5) is 0 Å². The maximum absolute atomic E-state index is 12.6. The fourth-order valence-electron chi connectivity index (χ4n) is 2.65. The predicted octanol–water partition coefficient (Wildman–Crippen LogP) is 2.19. The van der Waals surface area contributed by atoms with Crippen molar-refractivity contribution in [3.8, 4) is 11.8 Å². The molecule has 7 heteroatoms. The number of piperidine rings is 1. The Bertz CT molecular complexity index is 822. The van der Waals surface area contributed by atoms with Crippen molar-refractivity contribution in [2.24, 2.45) is 0 Å². The molecule has 0 amide bonds. The first-order valence-corrected chi connectivity index (χ1v) is 9.10. The van der Waals surface area contributed by atoms with E-state index in [1.807, 2.05) is 6.07 Å². The smallest absolute Gasteiger partial charge is 0.243 e. The molecule has 2 heterocycles. The highest BCUT2D eigenvalue weighted by atomic mass is 32.2. The van der Waals surface area contributed by atoms with Gasteiger partial charge in [0.05, 0.1) is 16.5 Å². The van der Waals surface area contributed by atoms with Crippen molar-refractivity contribution in [1.29, 1.82) is 5.26 Å². The van der Waals surface area contributed by atoms with Gasteiger partial charge in [-0.1, -0.05) is 0 Å². The molecule has 1 aliphatic rings. The molecule has 1 aliphatic heterocycles. The van der Waals surface area contributed by atoms with Crippen molar-refractivity contribution in [2.45, 2.75) is 23.8 Å². The van der Waals surface area contributed by atoms with Gasteiger partial charge >= 0.3 is 0 Å². The first-order valence-electron chi connectivity index (χ1n) is 7.66. The highest BCUT2D eigenvalue weighted by Crippen LogP contribution is 2.23. The van der Waals surface area contributed by atoms with Crippen LogP contribution in [0.2, 0.25) is 0 Å². The van der Waals surface area contributed by atoms with E-state index in [0.717, 1.165) is 5.75 Å². The van der Waals surface area contributed by atoms with E-state index in [0.29, 0.717) is 31.5 Å². The highest BCUT2D eigenvalue weighted by molar-refractivity contribution is 7.89. The molecule has 3 rings (SSSR count). The second-order valence-electron chi connectivity index (χ2n) is 5.54. The van der Waals surface area contributed by atoms with Gasteiger partial charge in [-0.15, -0.1) is 0 Å². The molecule has 0 N–H and O–H groups in total. The molecule has 1 saturated heterocycles. The quantitative estimate of drug-likeness (QED) is 0.850. The summed E-state index contributed by atoms with van der Waals surface area (Å²) in [5.41, 5.74) is 0.443. The molecule has 6 nitrogen and oxygen atoms in total. The highest BCUT2D eigenvalue weighted by Gasteiger charge is 2.30. The molecule has 0 spiro atoms. The van der Waals surface area contributed by atoms with Gasteiger partial charge in [0, 0.05) is 25.5 Å². The zero-order valence-corrected chi connectivity index (χ0v) is 13.8. The van der Waals surface area contributed by atoms with E-state index in [1.54, 1.807) is 24.5 Å². The maximum atomic E-state index is 12.6. The van der Waals surface area contributed by atoms with Crippen LogP contribution in [0.3, 0.4) is 0 Å². The van der Waals surface area contributed by atoms with E-state index >= 15 is 0 Å². The van der Waals surface area contributed by atoms with Crippen LogP contribution in [-0.4, -0.2) is 36.9 Å². The Hall–Kier alpha value is -2.43. The van der Waals surface area contributed by atoms with Crippen LogP contribution >= 0.6 is 0 Å². The predicted molar refractivity (Wildman–Crippen MR) is 87.8 cm³/mol. The third-order valence-corrected chi connectivity index (χ3v) is 5.89. The van der Waals surface area contributed by atoms with Crippen LogP contribution in [0, 0.1) is 11.3 Å². The van der Waals surface area contributed by atoms with Gasteiger partial charge in [0.25, 0.3) is 0 Å². The number of nitrogens with zero attached hydrogens (tertiary/aromatic N) is 3. The second kappa shape index (κ2) is 6.99.